The second-order valence-electron chi connectivity index (χ2n) is 6.30. The van der Waals surface area contributed by atoms with Crippen LogP contribution in [-0.2, 0) is 4.74 Å². The van der Waals surface area contributed by atoms with Gasteiger partial charge in [0.15, 0.2) is 5.58 Å². The highest BCUT2D eigenvalue weighted by Crippen LogP contribution is 2.40. The Morgan fingerprint density at radius 3 is 2.74 bits per heavy atom. The number of aryl methyl sites for hydroxylation is 1. The van der Waals surface area contributed by atoms with E-state index in [1.165, 1.54) is 6.07 Å². The van der Waals surface area contributed by atoms with Crippen molar-refractivity contribution in [1.29, 1.82) is 0 Å². The van der Waals surface area contributed by atoms with Crippen LogP contribution in [0.15, 0.2) is 56.1 Å². The van der Waals surface area contributed by atoms with E-state index in [0.717, 1.165) is 5.56 Å². The van der Waals surface area contributed by atoms with Crippen LogP contribution in [0.2, 0.25) is 0 Å². The average Bonchev–Trinajstić information content (AvgIpc) is 3.03. The number of anilines is 1. The van der Waals surface area contributed by atoms with E-state index in [2.05, 4.69) is 5.32 Å². The smallest absolute Gasteiger partial charge is 0.348 e. The van der Waals surface area contributed by atoms with E-state index in [9.17, 15) is 9.18 Å². The predicted octanol–water partition coefficient (Wildman–Crippen LogP) is 4.71. The normalized spacial score (nSPS) is 11.4. The zero-order valence-corrected chi connectivity index (χ0v) is 15.0. The number of fused-ring (bicyclic) bond motifs is 3. The van der Waals surface area contributed by atoms with Gasteiger partial charge in [0.2, 0.25) is 5.88 Å². The molecule has 0 fully saturated rings. The van der Waals surface area contributed by atoms with Gasteiger partial charge in [0.1, 0.15) is 16.8 Å². The summed E-state index contributed by atoms with van der Waals surface area (Å²) in [7, 11) is 1.59. The van der Waals surface area contributed by atoms with E-state index in [4.69, 9.17) is 13.6 Å². The number of halogens is 1. The Bertz CT molecular complexity index is 1190. The summed E-state index contributed by atoms with van der Waals surface area (Å²) < 4.78 is 31.1. The van der Waals surface area contributed by atoms with Crippen molar-refractivity contribution in [3.05, 3.63) is 64.3 Å². The van der Waals surface area contributed by atoms with E-state index in [1.54, 1.807) is 31.4 Å². The maximum Gasteiger partial charge on any atom is 0.348 e. The SMILES string of the molecule is COCCNc1oc2c(c1-c1ccccc1F)c(=O)oc1ccc(C)cc12. The molecule has 0 aliphatic heterocycles. The van der Waals surface area contributed by atoms with Gasteiger partial charge in [0.05, 0.1) is 17.6 Å². The van der Waals surface area contributed by atoms with E-state index in [-0.39, 0.29) is 10.9 Å². The molecule has 0 radical (unpaired) electrons. The first-order valence-corrected chi connectivity index (χ1v) is 8.58. The molecule has 2 aromatic carbocycles. The third-order valence-electron chi connectivity index (χ3n) is 4.43. The molecule has 6 heteroatoms. The Labute approximate surface area is 154 Å². The number of benzene rings is 2. The minimum absolute atomic E-state index is 0.220. The summed E-state index contributed by atoms with van der Waals surface area (Å²) in [4.78, 5) is 12.7. The van der Waals surface area contributed by atoms with Gasteiger partial charge in [-0.05, 0) is 25.1 Å². The second-order valence-corrected chi connectivity index (χ2v) is 6.30. The van der Waals surface area contributed by atoms with E-state index >= 15 is 0 Å². The molecule has 0 atom stereocenters. The Morgan fingerprint density at radius 2 is 1.96 bits per heavy atom. The van der Waals surface area contributed by atoms with Gasteiger partial charge in [-0.1, -0.05) is 29.8 Å². The Hall–Kier alpha value is -3.12. The van der Waals surface area contributed by atoms with Crippen molar-refractivity contribution in [3.63, 3.8) is 0 Å². The fourth-order valence-corrected chi connectivity index (χ4v) is 3.19. The summed E-state index contributed by atoms with van der Waals surface area (Å²) >= 11 is 0. The summed E-state index contributed by atoms with van der Waals surface area (Å²) in [5, 5.41) is 3.99. The van der Waals surface area contributed by atoms with E-state index < -0.39 is 11.4 Å². The van der Waals surface area contributed by atoms with Gasteiger partial charge in [-0.3, -0.25) is 0 Å². The molecule has 4 rings (SSSR count). The zero-order chi connectivity index (χ0) is 19.0. The molecule has 5 nitrogen and oxygen atoms in total. The lowest BCUT2D eigenvalue weighted by Crippen LogP contribution is -2.08. The van der Waals surface area contributed by atoms with Crippen LogP contribution in [0.4, 0.5) is 10.3 Å². The number of methoxy groups -OCH3 is 1. The number of furan rings is 1. The average molecular weight is 367 g/mol. The standard InChI is InChI=1S/C21H18FNO4/c1-12-7-8-16-14(11-12)19-18(21(24)26-16)17(13-5-3-4-6-15(13)22)20(27-19)23-9-10-25-2/h3-8,11,23H,9-10H2,1-2H3. The van der Waals surface area contributed by atoms with Crippen molar-refractivity contribution >= 4 is 27.8 Å². The van der Waals surface area contributed by atoms with Gasteiger partial charge in [0, 0.05) is 19.2 Å². The molecule has 27 heavy (non-hydrogen) atoms. The molecule has 1 N–H and O–H groups in total. The maximum absolute atomic E-state index is 14.5. The molecule has 0 spiro atoms. The van der Waals surface area contributed by atoms with Crippen molar-refractivity contribution in [2.24, 2.45) is 0 Å². The predicted molar refractivity (Wildman–Crippen MR) is 103 cm³/mol. The van der Waals surface area contributed by atoms with Crippen LogP contribution < -0.4 is 10.9 Å². The van der Waals surface area contributed by atoms with Gasteiger partial charge in [-0.25, -0.2) is 9.18 Å². The second kappa shape index (κ2) is 6.89. The van der Waals surface area contributed by atoms with Crippen molar-refractivity contribution in [3.8, 4) is 11.1 Å². The van der Waals surface area contributed by atoms with Gasteiger partial charge >= 0.3 is 5.63 Å². The monoisotopic (exact) mass is 367 g/mol. The van der Waals surface area contributed by atoms with Crippen LogP contribution in [-0.4, -0.2) is 20.3 Å². The lowest BCUT2D eigenvalue weighted by Gasteiger charge is -2.06. The van der Waals surface area contributed by atoms with Crippen LogP contribution in [0.5, 0.6) is 0 Å². The summed E-state index contributed by atoms with van der Waals surface area (Å²) in [6, 6.07) is 11.7. The largest absolute Gasteiger partial charge is 0.439 e. The summed E-state index contributed by atoms with van der Waals surface area (Å²) in [5.74, 6) is -0.132. The molecule has 0 bridgehead atoms. The zero-order valence-electron chi connectivity index (χ0n) is 15.0. The molecule has 2 heterocycles. The molecule has 0 saturated heterocycles. The number of rotatable bonds is 5. The molecular formula is C21H18FNO4. The Balaban J connectivity index is 2.08. The fraction of sp³-hybridized carbons (Fsp3) is 0.190. The van der Waals surface area contributed by atoms with E-state index in [1.807, 2.05) is 19.1 Å². The number of nitrogens with one attached hydrogen (secondary N) is 1. The highest BCUT2D eigenvalue weighted by Gasteiger charge is 2.24. The van der Waals surface area contributed by atoms with Crippen LogP contribution in [0.1, 0.15) is 5.56 Å². The highest BCUT2D eigenvalue weighted by molar-refractivity contribution is 6.09. The van der Waals surface area contributed by atoms with Crippen molar-refractivity contribution in [2.45, 2.75) is 6.92 Å². The summed E-state index contributed by atoms with van der Waals surface area (Å²) in [6.07, 6.45) is 0. The Kier molecular flexibility index (Phi) is 4.41. The lowest BCUT2D eigenvalue weighted by atomic mass is 10.0. The lowest BCUT2D eigenvalue weighted by molar-refractivity contribution is 0.210. The Morgan fingerprint density at radius 1 is 1.15 bits per heavy atom. The molecule has 0 saturated carbocycles. The van der Waals surface area contributed by atoms with E-state index in [0.29, 0.717) is 41.2 Å². The number of ether oxygens (including phenoxy) is 1. The highest BCUT2D eigenvalue weighted by atomic mass is 19.1. The molecule has 0 aliphatic carbocycles. The van der Waals surface area contributed by atoms with Crippen LogP contribution in [0, 0.1) is 12.7 Å². The molecule has 138 valence electrons. The molecule has 0 unspecified atom stereocenters. The minimum Gasteiger partial charge on any atom is -0.439 e. The van der Waals surface area contributed by atoms with Crippen molar-refractivity contribution < 1.29 is 18.0 Å². The minimum atomic E-state index is -0.567. The van der Waals surface area contributed by atoms with Crippen LogP contribution in [0.3, 0.4) is 0 Å². The molecule has 4 aromatic rings. The summed E-state index contributed by atoms with van der Waals surface area (Å²) in [6.45, 7) is 2.82. The van der Waals surface area contributed by atoms with Crippen molar-refractivity contribution in [2.75, 3.05) is 25.6 Å². The van der Waals surface area contributed by atoms with Crippen LogP contribution >= 0.6 is 0 Å². The first kappa shape index (κ1) is 17.3. The topological polar surface area (TPSA) is 64.6 Å². The van der Waals surface area contributed by atoms with Crippen LogP contribution in [0.25, 0.3) is 33.1 Å². The summed E-state index contributed by atoms with van der Waals surface area (Å²) in [5.41, 5.74) is 1.86. The quantitative estimate of drug-likeness (QED) is 0.409. The molecule has 2 aromatic heterocycles. The third-order valence-corrected chi connectivity index (χ3v) is 4.43. The molecular weight excluding hydrogens is 349 g/mol. The van der Waals surface area contributed by atoms with Gasteiger partial charge in [-0.2, -0.15) is 0 Å². The van der Waals surface area contributed by atoms with Gasteiger partial charge in [-0.15, -0.1) is 0 Å². The first-order chi connectivity index (χ1) is 13.1. The first-order valence-electron chi connectivity index (χ1n) is 8.58. The maximum atomic E-state index is 14.5. The van der Waals surface area contributed by atoms with Gasteiger partial charge < -0.3 is 18.9 Å². The van der Waals surface area contributed by atoms with Gasteiger partial charge in [0.25, 0.3) is 0 Å². The number of hydrogen-bond acceptors (Lipinski definition) is 5. The number of hydrogen-bond donors (Lipinski definition) is 1. The molecule has 0 amide bonds. The molecule has 0 aliphatic rings. The third kappa shape index (κ3) is 2.98. The fourth-order valence-electron chi connectivity index (χ4n) is 3.19. The van der Waals surface area contributed by atoms with Crippen molar-refractivity contribution in [1.82, 2.24) is 0 Å².